The summed E-state index contributed by atoms with van der Waals surface area (Å²) in [6.45, 7) is 5.44. The number of carboxylic acids is 1. The number of aliphatic carboxylic acids is 1. The van der Waals surface area contributed by atoms with Crippen LogP contribution < -0.4 is 0 Å². The average Bonchev–Trinajstić information content (AvgIpc) is 2.53. The topological polar surface area (TPSA) is 70.5 Å². The van der Waals surface area contributed by atoms with Crippen LogP contribution >= 0.6 is 11.3 Å². The van der Waals surface area contributed by atoms with Crippen LogP contribution in [0.2, 0.25) is 0 Å². The number of amides is 1. The maximum Gasteiger partial charge on any atom is 0.323 e. The normalized spacial score (nSPS) is 10.2. The lowest BCUT2D eigenvalue weighted by Crippen LogP contribution is -2.35. The second kappa shape index (κ2) is 5.07. The van der Waals surface area contributed by atoms with Crippen LogP contribution in [0.3, 0.4) is 0 Å². The van der Waals surface area contributed by atoms with Crippen molar-refractivity contribution in [3.05, 3.63) is 15.6 Å². The first-order valence-corrected chi connectivity index (χ1v) is 5.72. The van der Waals surface area contributed by atoms with Crippen LogP contribution in [0.5, 0.6) is 0 Å². The molecule has 0 atom stereocenters. The van der Waals surface area contributed by atoms with Crippen molar-refractivity contribution in [2.45, 2.75) is 20.8 Å². The van der Waals surface area contributed by atoms with E-state index in [1.807, 2.05) is 6.92 Å². The molecule has 0 aliphatic rings. The minimum absolute atomic E-state index is 0.256. The van der Waals surface area contributed by atoms with Gasteiger partial charge in [0.2, 0.25) is 0 Å². The molecule has 88 valence electrons. The van der Waals surface area contributed by atoms with E-state index in [4.69, 9.17) is 5.11 Å². The Morgan fingerprint density at radius 2 is 2.06 bits per heavy atom. The summed E-state index contributed by atoms with van der Waals surface area (Å²) >= 11 is 1.30. The SMILES string of the molecule is CCN(CC(=O)O)C(=O)c1sc(C)nc1C. The van der Waals surface area contributed by atoms with E-state index >= 15 is 0 Å². The lowest BCUT2D eigenvalue weighted by atomic mass is 10.3. The van der Waals surface area contributed by atoms with Crippen LogP contribution in [0.15, 0.2) is 0 Å². The molecule has 1 aromatic heterocycles. The number of hydrogen-bond acceptors (Lipinski definition) is 4. The van der Waals surface area contributed by atoms with Gasteiger partial charge in [-0.05, 0) is 20.8 Å². The van der Waals surface area contributed by atoms with E-state index in [1.54, 1.807) is 13.8 Å². The Morgan fingerprint density at radius 3 is 2.44 bits per heavy atom. The predicted octanol–water partition coefficient (Wildman–Crippen LogP) is 1.31. The summed E-state index contributed by atoms with van der Waals surface area (Å²) in [6, 6.07) is 0. The minimum Gasteiger partial charge on any atom is -0.480 e. The zero-order valence-corrected chi connectivity index (χ0v) is 10.3. The number of thiazole rings is 1. The van der Waals surface area contributed by atoms with Crippen LogP contribution in [0.1, 0.15) is 27.3 Å². The van der Waals surface area contributed by atoms with Crippen molar-refractivity contribution in [1.29, 1.82) is 0 Å². The fourth-order valence-corrected chi connectivity index (χ4v) is 2.25. The number of aryl methyl sites for hydroxylation is 2. The monoisotopic (exact) mass is 242 g/mol. The van der Waals surface area contributed by atoms with Crippen LogP contribution in [0.4, 0.5) is 0 Å². The molecular formula is C10H14N2O3S. The summed E-state index contributed by atoms with van der Waals surface area (Å²) in [5, 5.41) is 9.49. The van der Waals surface area contributed by atoms with E-state index < -0.39 is 5.97 Å². The third-order valence-corrected chi connectivity index (χ3v) is 3.15. The number of nitrogens with zero attached hydrogens (tertiary/aromatic N) is 2. The van der Waals surface area contributed by atoms with Gasteiger partial charge in [0, 0.05) is 6.54 Å². The van der Waals surface area contributed by atoms with Gasteiger partial charge in [-0.25, -0.2) is 4.98 Å². The molecule has 0 bridgehead atoms. The molecule has 1 amide bonds. The van der Waals surface area contributed by atoms with Crippen molar-refractivity contribution in [3.63, 3.8) is 0 Å². The summed E-state index contributed by atoms with van der Waals surface area (Å²) in [6.07, 6.45) is 0. The highest BCUT2D eigenvalue weighted by molar-refractivity contribution is 7.13. The van der Waals surface area contributed by atoms with E-state index in [9.17, 15) is 9.59 Å². The lowest BCUT2D eigenvalue weighted by molar-refractivity contribution is -0.137. The molecule has 0 aromatic carbocycles. The number of carbonyl (C=O) groups excluding carboxylic acids is 1. The molecule has 0 spiro atoms. The van der Waals surface area contributed by atoms with Crippen molar-refractivity contribution in [2.24, 2.45) is 0 Å². The summed E-state index contributed by atoms with van der Waals surface area (Å²) in [5.74, 6) is -1.26. The molecule has 1 N–H and O–H groups in total. The van der Waals surface area contributed by atoms with Gasteiger partial charge in [0.15, 0.2) is 0 Å². The molecule has 0 unspecified atom stereocenters. The molecule has 0 saturated carbocycles. The van der Waals surface area contributed by atoms with Crippen molar-refractivity contribution in [1.82, 2.24) is 9.88 Å². The van der Waals surface area contributed by atoms with E-state index in [0.717, 1.165) is 5.01 Å². The number of rotatable bonds is 4. The van der Waals surface area contributed by atoms with E-state index in [1.165, 1.54) is 16.2 Å². The Hall–Kier alpha value is -1.43. The number of likely N-dealkylation sites (N-methyl/N-ethyl adjacent to an activating group) is 1. The maximum absolute atomic E-state index is 12.0. The zero-order valence-electron chi connectivity index (χ0n) is 9.48. The lowest BCUT2D eigenvalue weighted by Gasteiger charge is -2.17. The highest BCUT2D eigenvalue weighted by Crippen LogP contribution is 2.19. The maximum atomic E-state index is 12.0. The minimum atomic E-state index is -1.01. The van der Waals surface area contributed by atoms with Gasteiger partial charge in [-0.2, -0.15) is 0 Å². The van der Waals surface area contributed by atoms with Crippen molar-refractivity contribution in [3.8, 4) is 0 Å². The van der Waals surface area contributed by atoms with Gasteiger partial charge in [-0.1, -0.05) is 0 Å². The molecule has 0 saturated heterocycles. The summed E-state index contributed by atoms with van der Waals surface area (Å²) < 4.78 is 0. The number of carbonyl (C=O) groups is 2. The second-order valence-electron chi connectivity index (χ2n) is 3.36. The molecule has 0 radical (unpaired) electrons. The molecule has 6 heteroatoms. The van der Waals surface area contributed by atoms with Gasteiger partial charge in [0.1, 0.15) is 11.4 Å². The van der Waals surface area contributed by atoms with Gasteiger partial charge in [-0.15, -0.1) is 11.3 Å². The van der Waals surface area contributed by atoms with Crippen molar-refractivity contribution in [2.75, 3.05) is 13.1 Å². The van der Waals surface area contributed by atoms with Crippen LogP contribution in [-0.4, -0.2) is 40.0 Å². The number of aromatic nitrogens is 1. The Balaban J connectivity index is 2.91. The smallest absolute Gasteiger partial charge is 0.323 e. The van der Waals surface area contributed by atoms with Crippen molar-refractivity contribution < 1.29 is 14.7 Å². The third kappa shape index (κ3) is 2.79. The Labute approximate surface area is 97.7 Å². The first kappa shape index (κ1) is 12.6. The van der Waals surface area contributed by atoms with E-state index in [0.29, 0.717) is 17.1 Å². The fourth-order valence-electron chi connectivity index (χ4n) is 1.36. The molecule has 5 nitrogen and oxygen atoms in total. The Kier molecular flexibility index (Phi) is 4.00. The van der Waals surface area contributed by atoms with Gasteiger partial charge >= 0.3 is 5.97 Å². The molecule has 1 aromatic rings. The van der Waals surface area contributed by atoms with Gasteiger partial charge in [0.05, 0.1) is 10.7 Å². The van der Waals surface area contributed by atoms with Crippen LogP contribution in [0.25, 0.3) is 0 Å². The molecule has 0 aliphatic carbocycles. The van der Waals surface area contributed by atoms with Gasteiger partial charge in [0.25, 0.3) is 5.91 Å². The second-order valence-corrected chi connectivity index (χ2v) is 4.56. The molecule has 16 heavy (non-hydrogen) atoms. The summed E-state index contributed by atoms with van der Waals surface area (Å²) in [4.78, 5) is 28.5. The van der Waals surface area contributed by atoms with Gasteiger partial charge in [-0.3, -0.25) is 9.59 Å². The third-order valence-electron chi connectivity index (χ3n) is 2.09. The first-order valence-electron chi connectivity index (χ1n) is 4.90. The standard InChI is InChI=1S/C10H14N2O3S/c1-4-12(5-8(13)14)10(15)9-6(2)11-7(3)16-9/h4-5H2,1-3H3,(H,13,14). The summed E-state index contributed by atoms with van der Waals surface area (Å²) in [7, 11) is 0. The molecule has 0 fully saturated rings. The predicted molar refractivity (Wildman–Crippen MR) is 60.8 cm³/mol. The highest BCUT2D eigenvalue weighted by atomic mass is 32.1. The molecule has 0 aliphatic heterocycles. The molecule has 1 rings (SSSR count). The number of hydrogen-bond donors (Lipinski definition) is 1. The number of carboxylic acid groups (broad SMARTS) is 1. The zero-order chi connectivity index (χ0) is 12.3. The Morgan fingerprint density at radius 1 is 1.44 bits per heavy atom. The van der Waals surface area contributed by atoms with E-state index in [-0.39, 0.29) is 12.5 Å². The molecule has 1 heterocycles. The Bertz CT molecular complexity index is 414. The first-order chi connectivity index (χ1) is 7.45. The largest absolute Gasteiger partial charge is 0.480 e. The van der Waals surface area contributed by atoms with Crippen molar-refractivity contribution >= 4 is 23.2 Å². The van der Waals surface area contributed by atoms with Gasteiger partial charge < -0.3 is 10.0 Å². The average molecular weight is 242 g/mol. The van der Waals surface area contributed by atoms with E-state index in [2.05, 4.69) is 4.98 Å². The van der Waals surface area contributed by atoms with Crippen LogP contribution in [0, 0.1) is 13.8 Å². The highest BCUT2D eigenvalue weighted by Gasteiger charge is 2.21. The fraction of sp³-hybridized carbons (Fsp3) is 0.500. The molecular weight excluding hydrogens is 228 g/mol. The van der Waals surface area contributed by atoms with Crippen LogP contribution in [-0.2, 0) is 4.79 Å². The quantitative estimate of drug-likeness (QED) is 0.864. The summed E-state index contributed by atoms with van der Waals surface area (Å²) in [5.41, 5.74) is 0.663.